The van der Waals surface area contributed by atoms with Gasteiger partial charge in [0.25, 0.3) is 5.91 Å². The second-order valence-electron chi connectivity index (χ2n) is 4.74. The maximum absolute atomic E-state index is 12.5. The lowest BCUT2D eigenvalue weighted by atomic mass is 9.98. The topological polar surface area (TPSA) is 65.5 Å². The van der Waals surface area contributed by atoms with E-state index in [-0.39, 0.29) is 18.4 Å². The van der Waals surface area contributed by atoms with E-state index in [0.717, 1.165) is 23.9 Å². The second-order valence-corrected chi connectivity index (χ2v) is 5.66. The minimum Gasteiger partial charge on any atom is -0.396 e. The number of hydrogen-bond acceptors (Lipinski definition) is 4. The summed E-state index contributed by atoms with van der Waals surface area (Å²) in [6.45, 7) is 1.50. The zero-order valence-electron chi connectivity index (χ0n) is 10.9. The fraction of sp³-hybridized carbons (Fsp3) is 0.538. The van der Waals surface area contributed by atoms with E-state index in [1.165, 1.54) is 0 Å². The Kier molecular flexibility index (Phi) is 4.76. The van der Waals surface area contributed by atoms with E-state index < -0.39 is 0 Å². The van der Waals surface area contributed by atoms with Crippen LogP contribution in [0, 0.1) is 5.92 Å². The van der Waals surface area contributed by atoms with Crippen LogP contribution in [0.4, 0.5) is 5.82 Å². The molecule has 1 amide bonds. The molecule has 2 rings (SSSR count). The summed E-state index contributed by atoms with van der Waals surface area (Å²) < 4.78 is 0.783. The van der Waals surface area contributed by atoms with Crippen LogP contribution in [0.5, 0.6) is 0 Å². The third kappa shape index (κ3) is 3.25. The van der Waals surface area contributed by atoms with E-state index >= 15 is 0 Å². The second kappa shape index (κ2) is 6.34. The Morgan fingerprint density at radius 3 is 3.16 bits per heavy atom. The van der Waals surface area contributed by atoms with Crippen molar-refractivity contribution >= 4 is 27.7 Å². The molecule has 0 spiro atoms. The summed E-state index contributed by atoms with van der Waals surface area (Å²) in [5.41, 5.74) is 0.565. The number of likely N-dealkylation sites (tertiary alicyclic amines) is 1. The minimum atomic E-state index is -0.0312. The molecule has 0 saturated carbocycles. The number of amides is 1. The van der Waals surface area contributed by atoms with Gasteiger partial charge in [-0.15, -0.1) is 0 Å². The van der Waals surface area contributed by atoms with Crippen LogP contribution >= 0.6 is 15.9 Å². The molecule has 1 aliphatic rings. The van der Waals surface area contributed by atoms with Crippen LogP contribution in [-0.2, 0) is 0 Å². The smallest absolute Gasteiger partial charge is 0.257 e. The number of carbonyl (C=O) groups excluding carboxylic acids is 1. The van der Waals surface area contributed by atoms with Crippen molar-refractivity contribution in [1.29, 1.82) is 0 Å². The molecule has 1 atom stereocenters. The lowest BCUT2D eigenvalue weighted by Crippen LogP contribution is -2.41. The van der Waals surface area contributed by atoms with Gasteiger partial charge in [-0.3, -0.25) is 4.79 Å². The minimum absolute atomic E-state index is 0.0312. The Morgan fingerprint density at radius 2 is 2.47 bits per heavy atom. The van der Waals surface area contributed by atoms with Crippen LogP contribution < -0.4 is 5.32 Å². The highest BCUT2D eigenvalue weighted by Crippen LogP contribution is 2.23. The summed E-state index contributed by atoms with van der Waals surface area (Å²) in [5.74, 6) is 0.742. The summed E-state index contributed by atoms with van der Waals surface area (Å²) in [6, 6.07) is 1.78. The third-order valence-corrected chi connectivity index (χ3v) is 3.82. The maximum Gasteiger partial charge on any atom is 0.257 e. The van der Waals surface area contributed by atoms with Gasteiger partial charge in [0.15, 0.2) is 0 Å². The summed E-state index contributed by atoms with van der Waals surface area (Å²) in [7, 11) is 1.75. The van der Waals surface area contributed by atoms with Crippen LogP contribution in [0.3, 0.4) is 0 Å². The van der Waals surface area contributed by atoms with E-state index in [1.54, 1.807) is 24.2 Å². The first-order valence-corrected chi connectivity index (χ1v) is 7.18. The lowest BCUT2D eigenvalue weighted by molar-refractivity contribution is 0.0621. The van der Waals surface area contributed by atoms with Crippen molar-refractivity contribution in [2.75, 3.05) is 32.1 Å². The Bertz CT molecular complexity index is 467. The van der Waals surface area contributed by atoms with Gasteiger partial charge in [-0.2, -0.15) is 0 Å². The zero-order valence-corrected chi connectivity index (χ0v) is 12.5. The molecule has 1 aliphatic heterocycles. The molecule has 6 heteroatoms. The summed E-state index contributed by atoms with van der Waals surface area (Å²) in [6.07, 6.45) is 3.58. The van der Waals surface area contributed by atoms with Gasteiger partial charge in [-0.05, 0) is 40.8 Å². The Hall–Kier alpha value is -1.14. The average molecular weight is 328 g/mol. The standard InChI is InChI=1S/C13H18BrN3O2/c1-15-12-11(5-10(14)6-16-12)13(19)17-4-2-3-9(7-17)8-18/h5-6,9,18H,2-4,7-8H2,1H3,(H,15,16). The van der Waals surface area contributed by atoms with Crippen LogP contribution in [0.2, 0.25) is 0 Å². The molecule has 0 radical (unpaired) electrons. The molecular formula is C13H18BrN3O2. The highest BCUT2D eigenvalue weighted by Gasteiger charge is 2.25. The van der Waals surface area contributed by atoms with Crippen LogP contribution in [0.15, 0.2) is 16.7 Å². The normalized spacial score (nSPS) is 19.3. The van der Waals surface area contributed by atoms with Gasteiger partial charge in [-0.1, -0.05) is 0 Å². The summed E-state index contributed by atoms with van der Waals surface area (Å²) >= 11 is 3.34. The Labute approximate surface area is 121 Å². The zero-order chi connectivity index (χ0) is 13.8. The van der Waals surface area contributed by atoms with Crippen molar-refractivity contribution in [2.24, 2.45) is 5.92 Å². The molecule has 1 fully saturated rings. The first-order chi connectivity index (χ1) is 9.15. The number of aliphatic hydroxyl groups is 1. The molecule has 19 heavy (non-hydrogen) atoms. The van der Waals surface area contributed by atoms with Crippen molar-refractivity contribution in [3.8, 4) is 0 Å². The average Bonchev–Trinajstić information content (AvgIpc) is 2.46. The molecule has 2 N–H and O–H groups in total. The number of nitrogens with zero attached hydrogens (tertiary/aromatic N) is 2. The number of nitrogens with one attached hydrogen (secondary N) is 1. The van der Waals surface area contributed by atoms with E-state index in [1.807, 2.05) is 0 Å². The number of rotatable bonds is 3. The lowest BCUT2D eigenvalue weighted by Gasteiger charge is -2.32. The van der Waals surface area contributed by atoms with Gasteiger partial charge in [0.2, 0.25) is 0 Å². The van der Waals surface area contributed by atoms with Gasteiger partial charge in [0.05, 0.1) is 5.56 Å². The van der Waals surface area contributed by atoms with E-state index in [9.17, 15) is 9.90 Å². The van der Waals surface area contributed by atoms with Crippen molar-refractivity contribution in [2.45, 2.75) is 12.8 Å². The molecule has 2 heterocycles. The van der Waals surface area contributed by atoms with Crippen molar-refractivity contribution in [1.82, 2.24) is 9.88 Å². The SMILES string of the molecule is CNc1ncc(Br)cc1C(=O)N1CCCC(CO)C1. The number of aliphatic hydroxyl groups excluding tert-OH is 1. The van der Waals surface area contributed by atoms with E-state index in [4.69, 9.17) is 0 Å². The quantitative estimate of drug-likeness (QED) is 0.887. The van der Waals surface area contributed by atoms with Gasteiger partial charge >= 0.3 is 0 Å². The first-order valence-electron chi connectivity index (χ1n) is 6.39. The molecular weight excluding hydrogens is 310 g/mol. The van der Waals surface area contributed by atoms with Gasteiger partial charge in [0, 0.05) is 37.4 Å². The number of carbonyl (C=O) groups is 1. The number of anilines is 1. The number of pyridine rings is 1. The largest absolute Gasteiger partial charge is 0.396 e. The van der Waals surface area contributed by atoms with Crippen molar-refractivity contribution in [3.63, 3.8) is 0 Å². The Morgan fingerprint density at radius 1 is 1.68 bits per heavy atom. The predicted molar refractivity (Wildman–Crippen MR) is 77.2 cm³/mol. The first kappa shape index (κ1) is 14.3. The number of hydrogen-bond donors (Lipinski definition) is 2. The van der Waals surface area contributed by atoms with Crippen LogP contribution in [0.1, 0.15) is 23.2 Å². The highest BCUT2D eigenvalue weighted by molar-refractivity contribution is 9.10. The van der Waals surface area contributed by atoms with E-state index in [2.05, 4.69) is 26.2 Å². The summed E-state index contributed by atoms with van der Waals surface area (Å²) in [4.78, 5) is 18.5. The molecule has 104 valence electrons. The van der Waals surface area contributed by atoms with Gasteiger partial charge in [-0.25, -0.2) is 4.98 Å². The third-order valence-electron chi connectivity index (χ3n) is 3.39. The number of aromatic nitrogens is 1. The molecule has 0 aliphatic carbocycles. The highest BCUT2D eigenvalue weighted by atomic mass is 79.9. The molecule has 1 aromatic heterocycles. The molecule has 0 bridgehead atoms. The van der Waals surface area contributed by atoms with Crippen molar-refractivity contribution in [3.05, 3.63) is 22.3 Å². The van der Waals surface area contributed by atoms with Crippen molar-refractivity contribution < 1.29 is 9.90 Å². The molecule has 0 aromatic carbocycles. The monoisotopic (exact) mass is 327 g/mol. The van der Waals surface area contributed by atoms with Crippen LogP contribution in [-0.4, -0.2) is 47.6 Å². The molecule has 1 unspecified atom stereocenters. The number of halogens is 1. The van der Waals surface area contributed by atoms with Gasteiger partial charge in [0.1, 0.15) is 5.82 Å². The van der Waals surface area contributed by atoms with E-state index in [0.29, 0.717) is 17.9 Å². The number of piperidine rings is 1. The Balaban J connectivity index is 2.21. The fourth-order valence-corrected chi connectivity index (χ4v) is 2.70. The van der Waals surface area contributed by atoms with Gasteiger partial charge < -0.3 is 15.3 Å². The summed E-state index contributed by atoms with van der Waals surface area (Å²) in [5, 5.41) is 12.2. The fourth-order valence-electron chi connectivity index (χ4n) is 2.37. The predicted octanol–water partition coefficient (Wildman–Crippen LogP) is 1.73. The molecule has 5 nitrogen and oxygen atoms in total. The molecule has 1 saturated heterocycles. The maximum atomic E-state index is 12.5. The van der Waals surface area contributed by atoms with Crippen LogP contribution in [0.25, 0.3) is 0 Å². The molecule has 1 aromatic rings.